The zero-order valence-electron chi connectivity index (χ0n) is 7.96. The molecule has 2 rings (SSSR count). The van der Waals surface area contributed by atoms with Gasteiger partial charge in [0.25, 0.3) is 5.91 Å². The minimum absolute atomic E-state index is 0.0727. The molecule has 1 amide bonds. The van der Waals surface area contributed by atoms with E-state index in [0.29, 0.717) is 11.9 Å². The van der Waals surface area contributed by atoms with E-state index in [1.165, 1.54) is 0 Å². The lowest BCUT2D eigenvalue weighted by molar-refractivity contribution is -0.185. The fourth-order valence-corrected chi connectivity index (χ4v) is 2.33. The molecular weight excluding hydrogens is 250 g/mol. The molecule has 2 heterocycles. The van der Waals surface area contributed by atoms with Gasteiger partial charge in [-0.25, -0.2) is 4.79 Å². The molecule has 0 aromatic carbocycles. The summed E-state index contributed by atoms with van der Waals surface area (Å²) in [6.07, 6.45) is 1.63. The van der Waals surface area contributed by atoms with Gasteiger partial charge in [-0.1, -0.05) is 15.9 Å². The van der Waals surface area contributed by atoms with Crippen LogP contribution < -0.4 is 0 Å². The Kier molecular flexibility index (Phi) is 2.29. The minimum Gasteiger partial charge on any atom is -0.447 e. The van der Waals surface area contributed by atoms with Gasteiger partial charge in [-0.05, 0) is 19.8 Å². The second kappa shape index (κ2) is 3.22. The zero-order chi connectivity index (χ0) is 10.3. The first-order chi connectivity index (χ1) is 6.58. The summed E-state index contributed by atoms with van der Waals surface area (Å²) in [4.78, 5) is 25.1. The maximum atomic E-state index is 11.9. The summed E-state index contributed by atoms with van der Waals surface area (Å²) < 4.78 is 5.17. The smallest absolute Gasteiger partial charge is 0.329 e. The molecular formula is C9H12BrNO3. The molecule has 2 aliphatic rings. The predicted molar refractivity (Wildman–Crippen MR) is 53.0 cm³/mol. The van der Waals surface area contributed by atoms with Crippen LogP contribution in [0.5, 0.6) is 0 Å². The Morgan fingerprint density at radius 3 is 3.00 bits per heavy atom. The number of alkyl halides is 1. The third-order valence-corrected chi connectivity index (χ3v) is 3.89. The highest BCUT2D eigenvalue weighted by atomic mass is 79.9. The van der Waals surface area contributed by atoms with Gasteiger partial charge >= 0.3 is 5.97 Å². The number of hydrogen-bond acceptors (Lipinski definition) is 3. The topological polar surface area (TPSA) is 46.6 Å². The van der Waals surface area contributed by atoms with Crippen LogP contribution in [0.15, 0.2) is 0 Å². The first kappa shape index (κ1) is 9.96. The zero-order valence-corrected chi connectivity index (χ0v) is 9.54. The average molecular weight is 262 g/mol. The van der Waals surface area contributed by atoms with E-state index >= 15 is 0 Å². The Hall–Kier alpha value is -0.580. The highest BCUT2D eigenvalue weighted by Crippen LogP contribution is 2.31. The van der Waals surface area contributed by atoms with Gasteiger partial charge in [-0.2, -0.15) is 0 Å². The molecule has 0 N–H and O–H groups in total. The van der Waals surface area contributed by atoms with Crippen molar-refractivity contribution in [3.63, 3.8) is 0 Å². The summed E-state index contributed by atoms with van der Waals surface area (Å²) in [7, 11) is 0. The minimum atomic E-state index is -1.00. The van der Waals surface area contributed by atoms with Gasteiger partial charge in [0.2, 0.25) is 0 Å². The number of ether oxygens (including phenoxy) is 1. The molecule has 78 valence electrons. The van der Waals surface area contributed by atoms with Crippen LogP contribution in [0.4, 0.5) is 0 Å². The summed E-state index contributed by atoms with van der Waals surface area (Å²) in [5, 5.41) is 0.355. The SMILES string of the molecule is C[C@@]1(CBr)OC(=O)[C@@H]2CCCN2C1=O. The number of amides is 1. The second-order valence-corrected chi connectivity index (χ2v) is 4.50. The molecule has 0 bridgehead atoms. The van der Waals surface area contributed by atoms with E-state index in [4.69, 9.17) is 4.74 Å². The first-order valence-electron chi connectivity index (χ1n) is 4.68. The van der Waals surface area contributed by atoms with Crippen LogP contribution in [0.25, 0.3) is 0 Å². The number of rotatable bonds is 1. The van der Waals surface area contributed by atoms with Gasteiger partial charge in [-0.3, -0.25) is 4.79 Å². The average Bonchev–Trinajstić information content (AvgIpc) is 2.63. The van der Waals surface area contributed by atoms with E-state index in [1.807, 2.05) is 0 Å². The molecule has 0 aliphatic carbocycles. The molecule has 5 heteroatoms. The predicted octanol–water partition coefficient (Wildman–Crippen LogP) is 0.688. The largest absolute Gasteiger partial charge is 0.447 e. The number of hydrogen-bond donors (Lipinski definition) is 0. The molecule has 0 unspecified atom stereocenters. The van der Waals surface area contributed by atoms with Crippen molar-refractivity contribution in [2.75, 3.05) is 11.9 Å². The molecule has 14 heavy (non-hydrogen) atoms. The highest BCUT2D eigenvalue weighted by molar-refractivity contribution is 9.09. The Morgan fingerprint density at radius 2 is 2.36 bits per heavy atom. The molecule has 2 aliphatic heterocycles. The summed E-state index contributed by atoms with van der Waals surface area (Å²) in [6.45, 7) is 2.33. The van der Waals surface area contributed by atoms with Gasteiger partial charge in [0.15, 0.2) is 5.60 Å². The Balaban J connectivity index is 2.29. The van der Waals surface area contributed by atoms with E-state index in [0.717, 1.165) is 12.8 Å². The number of carbonyl (C=O) groups is 2. The lowest BCUT2D eigenvalue weighted by Crippen LogP contribution is -2.60. The van der Waals surface area contributed by atoms with E-state index < -0.39 is 5.60 Å². The molecule has 0 radical (unpaired) electrons. The van der Waals surface area contributed by atoms with E-state index in [2.05, 4.69) is 15.9 Å². The monoisotopic (exact) mass is 261 g/mol. The van der Waals surface area contributed by atoms with Crippen LogP contribution in [0, 0.1) is 0 Å². The van der Waals surface area contributed by atoms with Gasteiger partial charge in [-0.15, -0.1) is 0 Å². The lowest BCUT2D eigenvalue weighted by Gasteiger charge is -2.39. The number of halogens is 1. The standard InChI is InChI=1S/C9H12BrNO3/c1-9(5-10)8(13)11-4-2-3-6(11)7(12)14-9/h6H,2-5H2,1H3/t6-,9-/m0/s1. The van der Waals surface area contributed by atoms with Crippen molar-refractivity contribution in [2.24, 2.45) is 0 Å². The summed E-state index contributed by atoms with van der Waals surface area (Å²) >= 11 is 3.21. The summed E-state index contributed by atoms with van der Waals surface area (Å²) in [5.74, 6) is -0.333. The maximum Gasteiger partial charge on any atom is 0.329 e. The maximum absolute atomic E-state index is 11.9. The van der Waals surface area contributed by atoms with Gasteiger partial charge in [0.05, 0.1) is 5.33 Å². The quantitative estimate of drug-likeness (QED) is 0.516. The molecule has 0 spiro atoms. The number of esters is 1. The van der Waals surface area contributed by atoms with Crippen LogP contribution in [-0.2, 0) is 14.3 Å². The Morgan fingerprint density at radius 1 is 1.64 bits per heavy atom. The molecule has 0 saturated carbocycles. The fraction of sp³-hybridized carbons (Fsp3) is 0.778. The molecule has 2 atom stereocenters. The van der Waals surface area contributed by atoms with Gasteiger partial charge in [0.1, 0.15) is 6.04 Å². The third kappa shape index (κ3) is 1.26. The van der Waals surface area contributed by atoms with Crippen LogP contribution in [0.1, 0.15) is 19.8 Å². The van der Waals surface area contributed by atoms with Crippen molar-refractivity contribution >= 4 is 27.8 Å². The highest BCUT2D eigenvalue weighted by Gasteiger charge is 2.51. The van der Waals surface area contributed by atoms with E-state index in [-0.39, 0.29) is 17.9 Å². The van der Waals surface area contributed by atoms with Crippen molar-refractivity contribution < 1.29 is 14.3 Å². The van der Waals surface area contributed by atoms with E-state index in [1.54, 1.807) is 11.8 Å². The number of morpholine rings is 1. The lowest BCUT2D eigenvalue weighted by atomic mass is 10.0. The van der Waals surface area contributed by atoms with Crippen molar-refractivity contribution in [3.8, 4) is 0 Å². The van der Waals surface area contributed by atoms with Crippen LogP contribution in [0.2, 0.25) is 0 Å². The molecule has 2 saturated heterocycles. The second-order valence-electron chi connectivity index (χ2n) is 3.94. The fourth-order valence-electron chi connectivity index (χ4n) is 1.98. The van der Waals surface area contributed by atoms with Crippen molar-refractivity contribution in [2.45, 2.75) is 31.4 Å². The molecule has 0 aromatic heterocycles. The number of fused-ring (bicyclic) bond motifs is 1. The normalized spacial score (nSPS) is 37.0. The van der Waals surface area contributed by atoms with Crippen molar-refractivity contribution in [1.29, 1.82) is 0 Å². The Bertz CT molecular complexity index is 294. The number of carbonyl (C=O) groups excluding carboxylic acids is 2. The van der Waals surface area contributed by atoms with Crippen LogP contribution in [-0.4, -0.2) is 40.3 Å². The summed E-state index contributed by atoms with van der Waals surface area (Å²) in [5.41, 5.74) is -1.00. The molecule has 0 aromatic rings. The Labute approximate surface area is 90.7 Å². The molecule has 4 nitrogen and oxygen atoms in total. The van der Waals surface area contributed by atoms with Crippen molar-refractivity contribution in [1.82, 2.24) is 4.90 Å². The van der Waals surface area contributed by atoms with Gasteiger partial charge < -0.3 is 9.64 Å². The van der Waals surface area contributed by atoms with Gasteiger partial charge in [0, 0.05) is 6.54 Å². The third-order valence-electron chi connectivity index (χ3n) is 2.82. The number of cyclic esters (lactones) is 1. The van der Waals surface area contributed by atoms with E-state index in [9.17, 15) is 9.59 Å². The van der Waals surface area contributed by atoms with Crippen LogP contribution in [0.3, 0.4) is 0 Å². The van der Waals surface area contributed by atoms with Crippen LogP contribution >= 0.6 is 15.9 Å². The number of nitrogens with zero attached hydrogens (tertiary/aromatic N) is 1. The molecule has 2 fully saturated rings. The summed E-state index contributed by atoms with van der Waals surface area (Å²) in [6, 6.07) is -0.324. The van der Waals surface area contributed by atoms with Crippen molar-refractivity contribution in [3.05, 3.63) is 0 Å². The first-order valence-corrected chi connectivity index (χ1v) is 5.80.